The van der Waals surface area contributed by atoms with Crippen molar-refractivity contribution in [2.24, 2.45) is 0 Å². The predicted octanol–water partition coefficient (Wildman–Crippen LogP) is 4.13. The molecule has 0 radical (unpaired) electrons. The van der Waals surface area contributed by atoms with Crippen LogP contribution in [0.4, 0.5) is 36.8 Å². The quantitative estimate of drug-likeness (QED) is 0.513. The second-order valence-corrected chi connectivity index (χ2v) is 3.91. The maximum absolute atomic E-state index is 13.3. The summed E-state index contributed by atoms with van der Waals surface area (Å²) in [5.41, 5.74) is -1.55. The fraction of sp³-hybridized carbons (Fsp3) is 0. The van der Waals surface area contributed by atoms with Crippen molar-refractivity contribution in [3.05, 3.63) is 59.2 Å². The fourth-order valence-corrected chi connectivity index (χ4v) is 1.45. The molecule has 0 fully saturated rings. The van der Waals surface area contributed by atoms with Crippen LogP contribution >= 0.6 is 0 Å². The molecule has 22 heavy (non-hydrogen) atoms. The van der Waals surface area contributed by atoms with Gasteiger partial charge in [-0.2, -0.15) is 0 Å². The smallest absolute Gasteiger partial charge is 0.410 e. The van der Waals surface area contributed by atoms with Gasteiger partial charge in [-0.3, -0.25) is 5.32 Å². The molecule has 2 aromatic rings. The molecule has 1 N–H and O–H groups in total. The molecule has 1 amide bonds. The van der Waals surface area contributed by atoms with Gasteiger partial charge in [0.15, 0.2) is 23.3 Å². The lowest BCUT2D eigenvalue weighted by molar-refractivity contribution is 0.214. The van der Waals surface area contributed by atoms with E-state index >= 15 is 0 Å². The monoisotopic (exact) mass is 321 g/mol. The first kappa shape index (κ1) is 15.7. The topological polar surface area (TPSA) is 38.3 Å². The van der Waals surface area contributed by atoms with E-state index in [1.807, 2.05) is 0 Å². The molecule has 0 saturated carbocycles. The second kappa shape index (κ2) is 5.96. The molecule has 0 bridgehead atoms. The van der Waals surface area contributed by atoms with Gasteiger partial charge in [0.1, 0.15) is 17.3 Å². The van der Waals surface area contributed by atoms with Crippen molar-refractivity contribution in [1.82, 2.24) is 0 Å². The molecule has 0 aromatic heterocycles. The maximum atomic E-state index is 13.3. The summed E-state index contributed by atoms with van der Waals surface area (Å²) >= 11 is 0. The van der Waals surface area contributed by atoms with Crippen molar-refractivity contribution in [2.75, 3.05) is 5.32 Å². The summed E-state index contributed by atoms with van der Waals surface area (Å²) in [5, 5.41) is 1.40. The minimum atomic E-state index is -2.35. The van der Waals surface area contributed by atoms with Crippen LogP contribution in [-0.4, -0.2) is 6.09 Å². The third kappa shape index (κ3) is 2.97. The highest BCUT2D eigenvalue weighted by molar-refractivity contribution is 5.86. The minimum absolute atomic E-state index is 0.206. The maximum Gasteiger partial charge on any atom is 0.417 e. The summed E-state index contributed by atoms with van der Waals surface area (Å²) in [6.45, 7) is 0. The number of benzene rings is 2. The van der Waals surface area contributed by atoms with Gasteiger partial charge in [-0.1, -0.05) is 0 Å². The first-order chi connectivity index (χ1) is 10.3. The summed E-state index contributed by atoms with van der Waals surface area (Å²) in [5.74, 6) is -12.0. The number of hydrogen-bond donors (Lipinski definition) is 1. The normalized spacial score (nSPS) is 10.5. The van der Waals surface area contributed by atoms with E-state index in [0.29, 0.717) is 0 Å². The summed E-state index contributed by atoms with van der Waals surface area (Å²) in [7, 11) is 0. The van der Waals surface area contributed by atoms with E-state index in [2.05, 4.69) is 4.74 Å². The summed E-state index contributed by atoms with van der Waals surface area (Å²) < 4.78 is 82.4. The molecule has 0 saturated heterocycles. The van der Waals surface area contributed by atoms with Crippen molar-refractivity contribution in [3.63, 3.8) is 0 Å². The van der Waals surface area contributed by atoms with Crippen LogP contribution in [-0.2, 0) is 0 Å². The van der Waals surface area contributed by atoms with E-state index in [1.54, 1.807) is 0 Å². The van der Waals surface area contributed by atoms with E-state index in [-0.39, 0.29) is 5.75 Å². The van der Waals surface area contributed by atoms with Gasteiger partial charge >= 0.3 is 6.09 Å². The first-order valence-electron chi connectivity index (χ1n) is 5.57. The van der Waals surface area contributed by atoms with Crippen LogP contribution in [0.25, 0.3) is 0 Å². The van der Waals surface area contributed by atoms with Crippen LogP contribution < -0.4 is 10.1 Å². The Balaban J connectivity index is 2.24. The number of rotatable bonds is 2. The lowest BCUT2D eigenvalue weighted by Crippen LogP contribution is -2.20. The lowest BCUT2D eigenvalue weighted by atomic mass is 10.2. The molecule has 0 spiro atoms. The van der Waals surface area contributed by atoms with Gasteiger partial charge in [0.05, 0.1) is 0 Å². The SMILES string of the molecule is O=C(Nc1c(F)c(F)c(F)c(F)c1F)Oc1ccc(F)cc1. The van der Waals surface area contributed by atoms with E-state index < -0.39 is 46.7 Å². The third-order valence-electron chi connectivity index (χ3n) is 2.46. The summed E-state index contributed by atoms with van der Waals surface area (Å²) in [6.07, 6.45) is -1.52. The highest BCUT2D eigenvalue weighted by Crippen LogP contribution is 2.27. The van der Waals surface area contributed by atoms with Gasteiger partial charge in [0, 0.05) is 0 Å². The number of ether oxygens (including phenoxy) is 1. The van der Waals surface area contributed by atoms with Crippen molar-refractivity contribution < 1.29 is 35.9 Å². The van der Waals surface area contributed by atoms with Crippen LogP contribution in [0.1, 0.15) is 0 Å². The zero-order valence-electron chi connectivity index (χ0n) is 10.4. The number of anilines is 1. The largest absolute Gasteiger partial charge is 0.417 e. The fourth-order valence-electron chi connectivity index (χ4n) is 1.45. The molecule has 0 aliphatic carbocycles. The highest BCUT2D eigenvalue weighted by atomic mass is 19.2. The van der Waals surface area contributed by atoms with Crippen LogP contribution in [0.2, 0.25) is 0 Å². The van der Waals surface area contributed by atoms with Gasteiger partial charge in [-0.05, 0) is 24.3 Å². The average molecular weight is 321 g/mol. The van der Waals surface area contributed by atoms with Gasteiger partial charge < -0.3 is 4.74 Å². The summed E-state index contributed by atoms with van der Waals surface area (Å²) in [4.78, 5) is 11.4. The van der Waals surface area contributed by atoms with Crippen molar-refractivity contribution >= 4 is 11.8 Å². The van der Waals surface area contributed by atoms with E-state index in [1.165, 1.54) is 5.32 Å². The molecule has 0 aliphatic heterocycles. The Bertz CT molecular complexity index is 703. The molecule has 0 unspecified atom stereocenters. The van der Waals surface area contributed by atoms with E-state index in [4.69, 9.17) is 0 Å². The number of nitrogens with one attached hydrogen (secondary N) is 1. The predicted molar refractivity (Wildman–Crippen MR) is 62.3 cm³/mol. The molecule has 0 atom stereocenters. The zero-order valence-corrected chi connectivity index (χ0v) is 10.4. The Morgan fingerprint density at radius 3 is 1.73 bits per heavy atom. The van der Waals surface area contributed by atoms with Crippen LogP contribution in [0, 0.1) is 34.9 Å². The van der Waals surface area contributed by atoms with Crippen molar-refractivity contribution in [2.45, 2.75) is 0 Å². The average Bonchev–Trinajstić information content (AvgIpc) is 2.50. The van der Waals surface area contributed by atoms with Gasteiger partial charge in [0.2, 0.25) is 5.82 Å². The Hall–Kier alpha value is -2.71. The number of halogens is 6. The molecule has 2 aromatic carbocycles. The lowest BCUT2D eigenvalue weighted by Gasteiger charge is -2.10. The molecule has 3 nitrogen and oxygen atoms in total. The van der Waals surface area contributed by atoms with Crippen LogP contribution in [0.3, 0.4) is 0 Å². The van der Waals surface area contributed by atoms with Crippen LogP contribution in [0.5, 0.6) is 5.75 Å². The Labute approximate surface area is 119 Å². The zero-order chi connectivity index (χ0) is 16.4. The molecular formula is C13H5F6NO2. The minimum Gasteiger partial charge on any atom is -0.410 e. The molecule has 0 heterocycles. The highest BCUT2D eigenvalue weighted by Gasteiger charge is 2.27. The van der Waals surface area contributed by atoms with Crippen LogP contribution in [0.15, 0.2) is 24.3 Å². The van der Waals surface area contributed by atoms with Gasteiger partial charge in [-0.25, -0.2) is 31.1 Å². The van der Waals surface area contributed by atoms with Crippen molar-refractivity contribution in [1.29, 1.82) is 0 Å². The molecule has 2 rings (SSSR count). The van der Waals surface area contributed by atoms with Gasteiger partial charge in [0.25, 0.3) is 0 Å². The summed E-state index contributed by atoms with van der Waals surface area (Å²) in [6, 6.07) is 3.91. The van der Waals surface area contributed by atoms with E-state index in [9.17, 15) is 31.1 Å². The van der Waals surface area contributed by atoms with E-state index in [0.717, 1.165) is 24.3 Å². The number of carbonyl (C=O) groups is 1. The molecule has 116 valence electrons. The third-order valence-corrected chi connectivity index (χ3v) is 2.46. The van der Waals surface area contributed by atoms with Gasteiger partial charge in [-0.15, -0.1) is 0 Å². The molecular weight excluding hydrogens is 316 g/mol. The first-order valence-corrected chi connectivity index (χ1v) is 5.57. The second-order valence-electron chi connectivity index (χ2n) is 3.91. The standard InChI is InChI=1S/C13H5F6NO2/c14-5-1-3-6(4-2-5)22-13(21)20-12-10(18)8(16)7(15)9(17)11(12)19/h1-4H,(H,20,21). The number of carbonyl (C=O) groups excluding carboxylic acids is 1. The molecule has 0 aliphatic rings. The Morgan fingerprint density at radius 2 is 1.23 bits per heavy atom. The van der Waals surface area contributed by atoms with Crippen molar-refractivity contribution in [3.8, 4) is 5.75 Å². The number of amides is 1. The molecule has 9 heteroatoms. The Kier molecular flexibility index (Phi) is 4.25. The number of hydrogen-bond acceptors (Lipinski definition) is 2. The Morgan fingerprint density at radius 1 is 0.773 bits per heavy atom.